The molecule has 2 rings (SSSR count). The molecule has 86 valence electrons. The monoisotopic (exact) mass is 226 g/mol. The molecule has 1 aromatic carbocycles. The van der Waals surface area contributed by atoms with Crippen molar-refractivity contribution in [2.24, 2.45) is 0 Å². The smallest absolute Gasteiger partial charge is 0.248 e. The maximum Gasteiger partial charge on any atom is 0.248 e. The predicted molar refractivity (Wildman–Crippen MR) is 70.6 cm³/mol. The summed E-state index contributed by atoms with van der Waals surface area (Å²) in [7, 11) is 5.65. The van der Waals surface area contributed by atoms with Crippen LogP contribution in [0.1, 0.15) is 32.2 Å². The Morgan fingerprint density at radius 3 is 2.53 bits per heavy atom. The SMILES string of the molecule is [B]n1c(C)nc2c(C(C)(C)C)cccc2c1=O. The molecule has 4 heteroatoms. The zero-order valence-corrected chi connectivity index (χ0v) is 10.6. The van der Waals surface area contributed by atoms with Crippen molar-refractivity contribution in [3.05, 3.63) is 39.9 Å². The van der Waals surface area contributed by atoms with Crippen LogP contribution in [0.3, 0.4) is 0 Å². The van der Waals surface area contributed by atoms with E-state index in [4.69, 9.17) is 7.98 Å². The van der Waals surface area contributed by atoms with Gasteiger partial charge in [0.2, 0.25) is 13.5 Å². The molecule has 0 aliphatic rings. The lowest BCUT2D eigenvalue weighted by molar-refractivity contribution is 0.594. The maximum atomic E-state index is 12.0. The van der Waals surface area contributed by atoms with E-state index in [0.717, 1.165) is 15.6 Å². The highest BCUT2D eigenvalue weighted by Gasteiger charge is 2.19. The summed E-state index contributed by atoms with van der Waals surface area (Å²) in [5.41, 5.74) is 1.57. The number of hydrogen-bond acceptors (Lipinski definition) is 2. The van der Waals surface area contributed by atoms with E-state index in [0.29, 0.717) is 11.2 Å². The fraction of sp³-hybridized carbons (Fsp3) is 0.385. The van der Waals surface area contributed by atoms with E-state index < -0.39 is 0 Å². The average molecular weight is 226 g/mol. The Labute approximate surface area is 102 Å². The number of nitrogens with zero attached hydrogens (tertiary/aromatic N) is 2. The second kappa shape index (κ2) is 3.72. The van der Waals surface area contributed by atoms with E-state index in [-0.39, 0.29) is 11.0 Å². The quantitative estimate of drug-likeness (QED) is 0.643. The van der Waals surface area contributed by atoms with Crippen molar-refractivity contribution in [1.29, 1.82) is 0 Å². The lowest BCUT2D eigenvalue weighted by Crippen LogP contribution is -2.24. The number of rotatable bonds is 0. The van der Waals surface area contributed by atoms with Gasteiger partial charge < -0.3 is 4.48 Å². The average Bonchev–Trinajstić information content (AvgIpc) is 2.24. The number of hydrogen-bond donors (Lipinski definition) is 0. The number of benzene rings is 1. The van der Waals surface area contributed by atoms with Gasteiger partial charge in [0, 0.05) is 0 Å². The minimum Gasteiger partial charge on any atom is -0.354 e. The second-order valence-corrected chi connectivity index (χ2v) is 5.29. The normalized spacial score (nSPS) is 12.0. The van der Waals surface area contributed by atoms with Gasteiger partial charge in [0.05, 0.1) is 16.7 Å². The lowest BCUT2D eigenvalue weighted by atomic mass is 9.85. The van der Waals surface area contributed by atoms with Gasteiger partial charge in [-0.15, -0.1) is 0 Å². The number of para-hydroxylation sites is 1. The summed E-state index contributed by atoms with van der Waals surface area (Å²) < 4.78 is 1.09. The Morgan fingerprint density at radius 2 is 1.94 bits per heavy atom. The van der Waals surface area contributed by atoms with Crippen molar-refractivity contribution >= 4 is 18.9 Å². The summed E-state index contributed by atoms with van der Waals surface area (Å²) in [5.74, 6) is 0.527. The van der Waals surface area contributed by atoms with Gasteiger partial charge >= 0.3 is 0 Å². The van der Waals surface area contributed by atoms with Gasteiger partial charge in [-0.2, -0.15) is 0 Å². The van der Waals surface area contributed by atoms with Crippen molar-refractivity contribution in [3.63, 3.8) is 0 Å². The van der Waals surface area contributed by atoms with E-state index in [1.807, 2.05) is 12.1 Å². The first-order chi connectivity index (χ1) is 7.82. The van der Waals surface area contributed by atoms with Gasteiger partial charge in [-0.3, -0.25) is 4.79 Å². The van der Waals surface area contributed by atoms with Crippen molar-refractivity contribution < 1.29 is 0 Å². The molecule has 1 heterocycles. The summed E-state index contributed by atoms with van der Waals surface area (Å²) in [6.45, 7) is 8.05. The van der Waals surface area contributed by atoms with E-state index in [1.165, 1.54) is 0 Å². The highest BCUT2D eigenvalue weighted by molar-refractivity contribution is 6.07. The molecule has 0 bridgehead atoms. The van der Waals surface area contributed by atoms with E-state index >= 15 is 0 Å². The summed E-state index contributed by atoms with van der Waals surface area (Å²) >= 11 is 0. The van der Waals surface area contributed by atoms with Crippen LogP contribution in [0.5, 0.6) is 0 Å². The summed E-state index contributed by atoms with van der Waals surface area (Å²) in [4.78, 5) is 16.5. The van der Waals surface area contributed by atoms with Crippen LogP contribution >= 0.6 is 0 Å². The Kier molecular flexibility index (Phi) is 2.61. The molecule has 0 aliphatic carbocycles. The Bertz CT molecular complexity index is 638. The van der Waals surface area contributed by atoms with Crippen molar-refractivity contribution in [2.75, 3.05) is 0 Å². The molecule has 17 heavy (non-hydrogen) atoms. The number of fused-ring (bicyclic) bond motifs is 1. The molecular weight excluding hydrogens is 211 g/mol. The van der Waals surface area contributed by atoms with Crippen LogP contribution in [-0.4, -0.2) is 17.4 Å². The molecule has 0 amide bonds. The Morgan fingerprint density at radius 1 is 1.29 bits per heavy atom. The molecule has 1 aromatic heterocycles. The first kappa shape index (κ1) is 11.9. The van der Waals surface area contributed by atoms with Crippen LogP contribution in [0.4, 0.5) is 0 Å². The van der Waals surface area contributed by atoms with Crippen molar-refractivity contribution in [1.82, 2.24) is 9.46 Å². The molecule has 0 aliphatic heterocycles. The van der Waals surface area contributed by atoms with Crippen LogP contribution in [0.25, 0.3) is 10.9 Å². The third-order valence-corrected chi connectivity index (χ3v) is 2.92. The molecule has 0 saturated heterocycles. The molecule has 2 radical (unpaired) electrons. The van der Waals surface area contributed by atoms with Crippen LogP contribution in [0.2, 0.25) is 0 Å². The van der Waals surface area contributed by atoms with Gasteiger partial charge in [-0.1, -0.05) is 32.9 Å². The first-order valence-electron chi connectivity index (χ1n) is 5.60. The third kappa shape index (κ3) is 1.88. The Hall–Kier alpha value is -1.58. The molecule has 0 unspecified atom stereocenters. The van der Waals surface area contributed by atoms with Gasteiger partial charge in [0.15, 0.2) is 0 Å². The minimum atomic E-state index is -0.196. The predicted octanol–water partition coefficient (Wildman–Crippen LogP) is 1.93. The van der Waals surface area contributed by atoms with Gasteiger partial charge in [-0.25, -0.2) is 4.98 Å². The minimum absolute atomic E-state index is 0.0494. The summed E-state index contributed by atoms with van der Waals surface area (Å²) in [6, 6.07) is 5.65. The molecular formula is C13H15BN2O. The highest BCUT2D eigenvalue weighted by Crippen LogP contribution is 2.27. The summed E-state index contributed by atoms with van der Waals surface area (Å²) in [6.07, 6.45) is 0. The topological polar surface area (TPSA) is 34.9 Å². The fourth-order valence-corrected chi connectivity index (χ4v) is 1.93. The van der Waals surface area contributed by atoms with Crippen LogP contribution in [0.15, 0.2) is 23.0 Å². The van der Waals surface area contributed by atoms with Crippen molar-refractivity contribution in [3.8, 4) is 0 Å². The molecule has 0 fully saturated rings. The number of aryl methyl sites for hydroxylation is 1. The van der Waals surface area contributed by atoms with Crippen molar-refractivity contribution in [2.45, 2.75) is 33.1 Å². The molecule has 0 atom stereocenters. The lowest BCUT2D eigenvalue weighted by Gasteiger charge is -2.21. The molecule has 0 saturated carbocycles. The second-order valence-electron chi connectivity index (χ2n) is 5.29. The van der Waals surface area contributed by atoms with E-state index in [1.54, 1.807) is 13.0 Å². The summed E-state index contributed by atoms with van der Waals surface area (Å²) in [5, 5.41) is 0.575. The largest absolute Gasteiger partial charge is 0.354 e. The molecule has 2 aromatic rings. The van der Waals surface area contributed by atoms with Crippen LogP contribution < -0.4 is 5.56 Å². The number of aromatic nitrogens is 2. The van der Waals surface area contributed by atoms with Gasteiger partial charge in [0.1, 0.15) is 0 Å². The fourth-order valence-electron chi connectivity index (χ4n) is 1.93. The van der Waals surface area contributed by atoms with Crippen LogP contribution in [-0.2, 0) is 5.41 Å². The molecule has 0 spiro atoms. The molecule has 0 N–H and O–H groups in total. The van der Waals surface area contributed by atoms with Gasteiger partial charge in [0.25, 0.3) is 0 Å². The van der Waals surface area contributed by atoms with Gasteiger partial charge in [-0.05, 0) is 24.0 Å². The van der Waals surface area contributed by atoms with E-state index in [9.17, 15) is 4.79 Å². The first-order valence-corrected chi connectivity index (χ1v) is 5.60. The Balaban J connectivity index is 2.97. The molecule has 3 nitrogen and oxygen atoms in total. The zero-order valence-electron chi connectivity index (χ0n) is 10.6. The zero-order chi connectivity index (χ0) is 12.8. The highest BCUT2D eigenvalue weighted by atomic mass is 16.1. The standard InChI is InChI=1S/C13H15BN2O/c1-8-15-11-9(12(17)16(8)14)6-5-7-10(11)13(2,3)4/h5-7H,1-4H3. The maximum absolute atomic E-state index is 12.0. The van der Waals surface area contributed by atoms with E-state index in [2.05, 4.69) is 25.8 Å². The van der Waals surface area contributed by atoms with Crippen LogP contribution in [0, 0.1) is 6.92 Å². The third-order valence-electron chi connectivity index (χ3n) is 2.92.